The second kappa shape index (κ2) is 19.3. The van der Waals surface area contributed by atoms with E-state index in [9.17, 15) is 33.6 Å². The minimum atomic E-state index is -1.45. The van der Waals surface area contributed by atoms with Crippen molar-refractivity contribution < 1.29 is 76.2 Å². The smallest absolute Gasteiger partial charge is 0.408 e. The van der Waals surface area contributed by atoms with Gasteiger partial charge < -0.3 is 48.7 Å². The Morgan fingerprint density at radius 1 is 0.854 bits per heavy atom. The van der Waals surface area contributed by atoms with E-state index in [0.717, 1.165) is 27.7 Å². The van der Waals surface area contributed by atoms with Gasteiger partial charge in [0.2, 0.25) is 18.2 Å². The van der Waals surface area contributed by atoms with Crippen LogP contribution in [0.3, 0.4) is 0 Å². The number of esters is 5. The fourth-order valence-corrected chi connectivity index (χ4v) is 4.32. The highest BCUT2D eigenvalue weighted by Gasteiger charge is 2.53. The quantitative estimate of drug-likeness (QED) is 0.0841. The lowest BCUT2D eigenvalue weighted by Gasteiger charge is -2.43. The van der Waals surface area contributed by atoms with E-state index in [1.807, 2.05) is 0 Å². The maximum Gasteiger partial charge on any atom is 0.408 e. The molecule has 1 fully saturated rings. The van der Waals surface area contributed by atoms with Gasteiger partial charge in [0.1, 0.15) is 31.1 Å². The van der Waals surface area contributed by atoms with Crippen molar-refractivity contribution in [3.63, 3.8) is 0 Å². The predicted molar refractivity (Wildman–Crippen MR) is 157 cm³/mol. The van der Waals surface area contributed by atoms with Crippen molar-refractivity contribution in [1.82, 2.24) is 5.32 Å². The van der Waals surface area contributed by atoms with E-state index in [1.54, 1.807) is 6.92 Å². The van der Waals surface area contributed by atoms with Gasteiger partial charge in [0, 0.05) is 34.1 Å². The minimum Gasteiger partial charge on any atom is -0.464 e. The Morgan fingerprint density at radius 3 is 2.02 bits per heavy atom. The average molecular weight is 680 g/mol. The van der Waals surface area contributed by atoms with E-state index in [2.05, 4.69) is 10.1 Å². The molecular formula is C30H37N3O15. The van der Waals surface area contributed by atoms with Crippen LogP contribution in [0.2, 0.25) is 0 Å². The number of amides is 1. The molecule has 1 saturated heterocycles. The molecule has 0 aliphatic carbocycles. The van der Waals surface area contributed by atoms with E-state index < -0.39 is 85.1 Å². The topological polar surface area (TPSA) is 242 Å². The molecule has 18 heteroatoms. The molecular weight excluding hydrogens is 642 g/mol. The van der Waals surface area contributed by atoms with Gasteiger partial charge in [-0.2, -0.15) is 4.79 Å². The summed E-state index contributed by atoms with van der Waals surface area (Å²) in [7, 11) is 0. The minimum absolute atomic E-state index is 0.0318. The number of alkyl carbamates (subject to hydrolysis) is 1. The Bertz CT molecular complexity index is 1380. The number of nitrogens with zero attached hydrogens (tertiary/aromatic N) is 2. The lowest BCUT2D eigenvalue weighted by molar-refractivity contribution is -0.288. The van der Waals surface area contributed by atoms with Crippen LogP contribution in [0.25, 0.3) is 5.53 Å². The van der Waals surface area contributed by atoms with Gasteiger partial charge in [0.15, 0.2) is 12.2 Å². The lowest BCUT2D eigenvalue weighted by atomic mass is 9.98. The number of ketones is 1. The predicted octanol–water partition coefficient (Wildman–Crippen LogP) is 0.956. The van der Waals surface area contributed by atoms with Crippen molar-refractivity contribution >= 4 is 47.9 Å². The maximum absolute atomic E-state index is 12.4. The zero-order valence-electron chi connectivity index (χ0n) is 26.9. The first-order valence-electron chi connectivity index (χ1n) is 14.6. The second-order valence-electron chi connectivity index (χ2n) is 10.1. The highest BCUT2D eigenvalue weighted by Crippen LogP contribution is 2.31. The van der Waals surface area contributed by atoms with Crippen LogP contribution in [0, 0.1) is 0 Å². The van der Waals surface area contributed by atoms with Gasteiger partial charge in [-0.3, -0.25) is 24.0 Å². The van der Waals surface area contributed by atoms with Crippen molar-refractivity contribution in [2.45, 2.75) is 90.8 Å². The molecule has 6 unspecified atom stereocenters. The third kappa shape index (κ3) is 13.2. The van der Waals surface area contributed by atoms with E-state index in [0.29, 0.717) is 11.8 Å². The number of hydrogen-bond acceptors (Lipinski definition) is 15. The van der Waals surface area contributed by atoms with Gasteiger partial charge in [-0.1, -0.05) is 12.1 Å². The molecule has 18 nitrogen and oxygen atoms in total. The number of benzene rings is 1. The number of carbonyl (C=O) groups is 7. The number of hydrogen-bond donors (Lipinski definition) is 1. The summed E-state index contributed by atoms with van der Waals surface area (Å²) in [5.74, 6) is -4.25. The van der Waals surface area contributed by atoms with Crippen molar-refractivity contribution in [1.29, 1.82) is 0 Å². The summed E-state index contributed by atoms with van der Waals surface area (Å²) in [6.45, 7) is 5.36. The number of rotatable bonds is 16. The van der Waals surface area contributed by atoms with Crippen LogP contribution in [0.15, 0.2) is 24.3 Å². The summed E-state index contributed by atoms with van der Waals surface area (Å²) in [4.78, 5) is 86.3. The third-order valence-electron chi connectivity index (χ3n) is 6.24. The lowest BCUT2D eigenvalue weighted by Crippen LogP contribution is -2.63. The standard InChI is InChI=1S/C30H37N3O15/c1-6-41-28(39)23(12-9-21(38)13-32-31)33-30(40)43-14-20-7-10-22(11-8-20)47-29-27(46-19(5)37)26(45-18(4)36)25(44-17(3)35)24(48-29)15-42-16(2)34/h7-8,10-11,13,23-27,29H,6,9,12,14-15H2,1-5H3,(H,33,40). The molecule has 2 rings (SSSR count). The molecule has 1 aromatic carbocycles. The average Bonchev–Trinajstić information content (AvgIpc) is 3.00. The highest BCUT2D eigenvalue weighted by atomic mass is 16.7. The zero-order chi connectivity index (χ0) is 35.8. The Morgan fingerprint density at radius 2 is 1.46 bits per heavy atom. The summed E-state index contributed by atoms with van der Waals surface area (Å²) in [6, 6.07) is 4.75. The highest BCUT2D eigenvalue weighted by molar-refractivity contribution is 6.25. The monoisotopic (exact) mass is 679 g/mol. The van der Waals surface area contributed by atoms with E-state index in [1.165, 1.54) is 24.3 Å². The van der Waals surface area contributed by atoms with Crippen LogP contribution in [0.1, 0.15) is 53.0 Å². The van der Waals surface area contributed by atoms with Crippen molar-refractivity contribution in [3.05, 3.63) is 35.4 Å². The fourth-order valence-electron chi connectivity index (χ4n) is 4.32. The maximum atomic E-state index is 12.4. The SMILES string of the molecule is CCOC(=O)C(CCC(=O)C=[N+]=[N-])NC(=O)OCc1ccc(OC2OC(COC(C)=O)C(OC(C)=O)C(OC(C)=O)C2OC(C)=O)cc1. The molecule has 0 saturated carbocycles. The first kappa shape index (κ1) is 38.8. The number of ether oxygens (including phenoxy) is 8. The van der Waals surface area contributed by atoms with Crippen LogP contribution in [-0.2, 0) is 68.5 Å². The second-order valence-corrected chi connectivity index (χ2v) is 10.1. The van der Waals surface area contributed by atoms with Gasteiger partial charge >= 0.3 is 42.2 Å². The van der Waals surface area contributed by atoms with Gasteiger partial charge in [-0.25, -0.2) is 9.59 Å². The molecule has 262 valence electrons. The van der Waals surface area contributed by atoms with Crippen LogP contribution in [-0.4, -0.2) is 103 Å². The molecule has 0 radical (unpaired) electrons. The molecule has 1 aliphatic heterocycles. The van der Waals surface area contributed by atoms with E-state index in [4.69, 9.17) is 43.4 Å². The first-order chi connectivity index (χ1) is 22.7. The summed E-state index contributed by atoms with van der Waals surface area (Å²) in [6.07, 6.45) is -7.51. The Balaban J connectivity index is 2.18. The van der Waals surface area contributed by atoms with Gasteiger partial charge in [-0.15, -0.1) is 0 Å². The Hall–Kier alpha value is -5.35. The molecule has 0 bridgehead atoms. The zero-order valence-corrected chi connectivity index (χ0v) is 26.9. The normalized spacial score (nSPS) is 20.4. The Kier molecular flexibility index (Phi) is 15.6. The molecule has 1 heterocycles. The largest absolute Gasteiger partial charge is 0.464 e. The Labute approximate surface area is 274 Å². The number of carbonyl (C=O) groups excluding carboxylic acids is 7. The van der Waals surface area contributed by atoms with Crippen LogP contribution in [0.5, 0.6) is 5.75 Å². The summed E-state index contributed by atoms with van der Waals surface area (Å²) >= 11 is 0. The van der Waals surface area contributed by atoms with Crippen molar-refractivity contribution in [2.24, 2.45) is 0 Å². The molecule has 1 aliphatic rings. The van der Waals surface area contributed by atoms with Gasteiger partial charge in [0.05, 0.1) is 6.61 Å². The number of Topliss-reactive ketones (excluding diaryl/α,β-unsaturated/α-hetero) is 1. The summed E-state index contributed by atoms with van der Waals surface area (Å²) in [5.41, 5.74) is 8.95. The van der Waals surface area contributed by atoms with E-state index >= 15 is 0 Å². The van der Waals surface area contributed by atoms with E-state index in [-0.39, 0.29) is 31.8 Å². The first-order valence-corrected chi connectivity index (χ1v) is 14.6. The molecule has 1 amide bonds. The molecule has 1 N–H and O–H groups in total. The molecule has 0 spiro atoms. The fraction of sp³-hybridized carbons (Fsp3) is 0.533. The van der Waals surface area contributed by atoms with Crippen molar-refractivity contribution in [2.75, 3.05) is 13.2 Å². The summed E-state index contributed by atoms with van der Waals surface area (Å²) < 4.78 is 43.1. The van der Waals surface area contributed by atoms with Crippen LogP contribution < -0.4 is 10.1 Å². The van der Waals surface area contributed by atoms with Gasteiger partial charge in [0.25, 0.3) is 0 Å². The van der Waals surface area contributed by atoms with Crippen molar-refractivity contribution in [3.8, 4) is 5.75 Å². The van der Waals surface area contributed by atoms with Crippen LogP contribution in [0.4, 0.5) is 4.79 Å². The molecule has 1 aromatic rings. The number of nitrogens with one attached hydrogen (secondary N) is 1. The summed E-state index contributed by atoms with van der Waals surface area (Å²) in [5, 5.41) is 2.33. The van der Waals surface area contributed by atoms with Crippen LogP contribution >= 0.6 is 0 Å². The third-order valence-corrected chi connectivity index (χ3v) is 6.24. The molecule has 0 aromatic heterocycles. The van der Waals surface area contributed by atoms with Gasteiger partial charge in [-0.05, 0) is 31.0 Å². The molecule has 48 heavy (non-hydrogen) atoms. The molecule has 6 atom stereocenters.